The summed E-state index contributed by atoms with van der Waals surface area (Å²) < 4.78 is 11.0. The first-order valence-corrected chi connectivity index (χ1v) is 10.7. The van der Waals surface area contributed by atoms with E-state index in [0.717, 1.165) is 33.3 Å². The van der Waals surface area contributed by atoms with Crippen LogP contribution in [0.1, 0.15) is 29.8 Å². The minimum Gasteiger partial charge on any atom is -0.497 e. The number of nitrogens with zero attached hydrogens (tertiary/aromatic N) is 1. The second kappa shape index (κ2) is 11.9. The van der Waals surface area contributed by atoms with E-state index in [1.165, 1.54) is 11.8 Å². The van der Waals surface area contributed by atoms with Gasteiger partial charge >= 0.3 is 5.97 Å². The molecule has 0 saturated carbocycles. The molecule has 154 valence electrons. The maximum Gasteiger partial charge on any atom is 0.341 e. The smallest absolute Gasteiger partial charge is 0.341 e. The Labute approximate surface area is 189 Å². The van der Waals surface area contributed by atoms with E-state index in [4.69, 9.17) is 21.1 Å². The number of hydrogen-bond donors (Lipinski definition) is 1. The topological polar surface area (TPSA) is 60.5 Å². The van der Waals surface area contributed by atoms with E-state index in [9.17, 15) is 4.79 Å². The van der Waals surface area contributed by atoms with Crippen molar-refractivity contribution in [2.24, 2.45) is 0 Å². The second-order valence-corrected chi connectivity index (χ2v) is 7.51. The van der Waals surface area contributed by atoms with Gasteiger partial charge in [-0.25, -0.2) is 4.79 Å². The molecule has 0 spiro atoms. The number of ether oxygens (including phenoxy) is 2. The summed E-state index contributed by atoms with van der Waals surface area (Å²) in [6, 6.07) is 13.8. The highest BCUT2D eigenvalue weighted by Crippen LogP contribution is 2.28. The predicted octanol–water partition coefficient (Wildman–Crippen LogP) is 5.47. The van der Waals surface area contributed by atoms with Crippen molar-refractivity contribution < 1.29 is 14.3 Å². The van der Waals surface area contributed by atoms with Crippen molar-refractivity contribution in [3.05, 3.63) is 68.4 Å². The third-order valence-electron chi connectivity index (χ3n) is 4.02. The Morgan fingerprint density at radius 3 is 2.52 bits per heavy atom. The van der Waals surface area contributed by atoms with Crippen LogP contribution in [0.5, 0.6) is 5.75 Å². The molecule has 0 unspecified atom stereocenters. The van der Waals surface area contributed by atoms with E-state index in [1.807, 2.05) is 30.3 Å². The molecule has 0 aliphatic heterocycles. The summed E-state index contributed by atoms with van der Waals surface area (Å²) in [6.45, 7) is 6.11. The molecule has 0 radical (unpaired) electrons. The molecule has 3 aromatic rings. The van der Waals surface area contributed by atoms with Crippen LogP contribution in [-0.2, 0) is 11.3 Å². The zero-order valence-corrected chi connectivity index (χ0v) is 19.6. The summed E-state index contributed by atoms with van der Waals surface area (Å²) in [5.74, 6) is 0.473. The number of benzene rings is 2. The van der Waals surface area contributed by atoms with Gasteiger partial charge in [0.15, 0.2) is 0 Å². The Bertz CT molecular complexity index is 949. The number of carbonyl (C=O) groups excluding carboxylic acids is 1. The number of pyridine rings is 1. The van der Waals surface area contributed by atoms with Gasteiger partial charge in [-0.3, -0.25) is 4.98 Å². The molecule has 0 aliphatic rings. The van der Waals surface area contributed by atoms with E-state index >= 15 is 0 Å². The second-order valence-electron chi connectivity index (χ2n) is 5.97. The average Bonchev–Trinajstić information content (AvgIpc) is 2.74. The first-order valence-electron chi connectivity index (χ1n) is 9.25. The maximum atomic E-state index is 11.6. The Hall–Kier alpha value is -1.90. The van der Waals surface area contributed by atoms with Gasteiger partial charge in [0.2, 0.25) is 0 Å². The lowest BCUT2D eigenvalue weighted by molar-refractivity contribution is 0.0526. The number of hydrogen-bond acceptors (Lipinski definition) is 5. The highest BCUT2D eigenvalue weighted by Gasteiger charge is 2.15. The van der Waals surface area contributed by atoms with Gasteiger partial charge in [-0.2, -0.15) is 0 Å². The van der Waals surface area contributed by atoms with Crippen LogP contribution >= 0.6 is 34.2 Å². The van der Waals surface area contributed by atoms with Crippen molar-refractivity contribution in [1.82, 2.24) is 10.3 Å². The number of para-hydroxylation sites is 1. The van der Waals surface area contributed by atoms with E-state index in [0.29, 0.717) is 17.2 Å². The van der Waals surface area contributed by atoms with Crippen molar-refractivity contribution >= 4 is 51.1 Å². The number of aromatic nitrogens is 1. The Kier molecular flexibility index (Phi) is 9.63. The summed E-state index contributed by atoms with van der Waals surface area (Å²) in [4.78, 5) is 15.9. The van der Waals surface area contributed by atoms with Crippen LogP contribution in [0.2, 0.25) is 5.02 Å². The predicted molar refractivity (Wildman–Crippen MR) is 126 cm³/mol. The van der Waals surface area contributed by atoms with Gasteiger partial charge in [0.1, 0.15) is 5.75 Å². The third kappa shape index (κ3) is 6.55. The lowest BCUT2D eigenvalue weighted by Gasteiger charge is -2.07. The molecule has 29 heavy (non-hydrogen) atoms. The van der Waals surface area contributed by atoms with Gasteiger partial charge in [0.05, 0.1) is 29.8 Å². The highest BCUT2D eigenvalue weighted by atomic mass is 127. The molecular weight excluding hydrogens is 503 g/mol. The minimum atomic E-state index is -0.439. The lowest BCUT2D eigenvalue weighted by Crippen LogP contribution is -2.11. The molecule has 0 atom stereocenters. The first kappa shape index (κ1) is 23.4. The van der Waals surface area contributed by atoms with Gasteiger partial charge in [-0.1, -0.05) is 42.8 Å². The number of esters is 1. The molecule has 0 amide bonds. The van der Waals surface area contributed by atoms with E-state index in [2.05, 4.69) is 51.9 Å². The number of methoxy groups -OCH3 is 1. The van der Waals surface area contributed by atoms with Crippen molar-refractivity contribution in [3.63, 3.8) is 0 Å². The fraction of sp³-hybridized carbons (Fsp3) is 0.273. The van der Waals surface area contributed by atoms with Crippen LogP contribution < -0.4 is 10.1 Å². The van der Waals surface area contributed by atoms with E-state index < -0.39 is 5.97 Å². The van der Waals surface area contributed by atoms with Gasteiger partial charge in [-0.05, 0) is 59.8 Å². The number of fused-ring (bicyclic) bond motifs is 1. The molecule has 1 aromatic heterocycles. The van der Waals surface area contributed by atoms with Gasteiger partial charge < -0.3 is 14.8 Å². The molecule has 1 N–H and O–H groups in total. The summed E-state index contributed by atoms with van der Waals surface area (Å²) in [7, 11) is 1.68. The fourth-order valence-electron chi connectivity index (χ4n) is 2.52. The standard InChI is InChI=1S/C12H9ClINO2.C10H15NO/c1-2-17-12(16)8-6-15-11-7(10(8)13)4-3-5-9(11)14;1-3-11-8-9-4-6-10(12-2)7-5-9/h3-6H,2H2,1H3;4-7,11H,3,8H2,1-2H3. The van der Waals surface area contributed by atoms with Gasteiger partial charge in [-0.15, -0.1) is 0 Å². The zero-order chi connectivity index (χ0) is 21.2. The molecule has 0 saturated heterocycles. The van der Waals surface area contributed by atoms with Crippen LogP contribution in [0.4, 0.5) is 0 Å². The van der Waals surface area contributed by atoms with Crippen LogP contribution in [0.15, 0.2) is 48.7 Å². The van der Waals surface area contributed by atoms with Gasteiger partial charge in [0.25, 0.3) is 0 Å². The first-order chi connectivity index (χ1) is 14.0. The summed E-state index contributed by atoms with van der Waals surface area (Å²) in [5, 5.41) is 4.42. The fourth-order valence-corrected chi connectivity index (χ4v) is 3.43. The Balaban J connectivity index is 0.000000221. The van der Waals surface area contributed by atoms with Crippen molar-refractivity contribution in [3.8, 4) is 5.75 Å². The van der Waals surface area contributed by atoms with E-state index in [-0.39, 0.29) is 0 Å². The lowest BCUT2D eigenvalue weighted by atomic mass is 10.1. The molecule has 0 aliphatic carbocycles. The molecule has 0 fully saturated rings. The van der Waals surface area contributed by atoms with E-state index in [1.54, 1.807) is 14.0 Å². The number of carbonyl (C=O) groups is 1. The third-order valence-corrected chi connectivity index (χ3v) is 5.29. The van der Waals surface area contributed by atoms with Crippen LogP contribution in [0, 0.1) is 3.57 Å². The molecule has 3 rings (SSSR count). The quantitative estimate of drug-likeness (QED) is 0.341. The van der Waals surface area contributed by atoms with Crippen LogP contribution in [0.25, 0.3) is 10.9 Å². The molecule has 1 heterocycles. The number of rotatable bonds is 6. The number of halogens is 2. The molecule has 2 aromatic carbocycles. The summed E-state index contributed by atoms with van der Waals surface area (Å²) in [6.07, 6.45) is 1.46. The monoisotopic (exact) mass is 526 g/mol. The number of nitrogens with one attached hydrogen (secondary N) is 1. The Morgan fingerprint density at radius 2 is 1.90 bits per heavy atom. The van der Waals surface area contributed by atoms with Crippen LogP contribution in [0.3, 0.4) is 0 Å². The van der Waals surface area contributed by atoms with Crippen molar-refractivity contribution in [2.75, 3.05) is 20.3 Å². The zero-order valence-electron chi connectivity index (χ0n) is 16.7. The van der Waals surface area contributed by atoms with Crippen molar-refractivity contribution in [2.45, 2.75) is 20.4 Å². The van der Waals surface area contributed by atoms with Crippen molar-refractivity contribution in [1.29, 1.82) is 0 Å². The summed E-state index contributed by atoms with van der Waals surface area (Å²) >= 11 is 8.38. The molecule has 5 nitrogen and oxygen atoms in total. The van der Waals surface area contributed by atoms with Gasteiger partial charge in [0, 0.05) is 21.7 Å². The van der Waals surface area contributed by atoms with Crippen LogP contribution in [-0.4, -0.2) is 31.2 Å². The normalized spacial score (nSPS) is 10.2. The minimum absolute atomic E-state index is 0.308. The largest absolute Gasteiger partial charge is 0.497 e. The Morgan fingerprint density at radius 1 is 1.17 bits per heavy atom. The molecule has 7 heteroatoms. The molecular formula is C22H24ClIN2O3. The average molecular weight is 527 g/mol. The molecule has 0 bridgehead atoms. The SMILES string of the molecule is CCNCc1ccc(OC)cc1.CCOC(=O)c1cnc2c(I)cccc2c1Cl. The summed E-state index contributed by atoms with van der Waals surface area (Å²) in [5.41, 5.74) is 2.40. The maximum absolute atomic E-state index is 11.6. The highest BCUT2D eigenvalue weighted by molar-refractivity contribution is 14.1.